The van der Waals surface area contributed by atoms with Crippen molar-refractivity contribution in [3.8, 4) is 0 Å². The summed E-state index contributed by atoms with van der Waals surface area (Å²) >= 11 is 0. The molecule has 1 unspecified atom stereocenters. The number of hydrogen-bond donors (Lipinski definition) is 0. The zero-order chi connectivity index (χ0) is 20.4. The van der Waals surface area contributed by atoms with Crippen LogP contribution in [0.1, 0.15) is 28.5 Å². The molecule has 0 N–H and O–H groups in total. The molecule has 4 rings (SSSR count). The standard InChI is InChI=1S/C26H28N2O/c1-19-25(26(29-4)21-14-16-22(17-15-21)27(2)3)23-12-8-9-13-24(23)28(19)18-20-10-6-5-7-11-20/h5-17,26H,18H2,1-4H3. The molecular formula is C26H28N2O. The Morgan fingerprint density at radius 1 is 0.862 bits per heavy atom. The van der Waals surface area contributed by atoms with E-state index in [1.54, 1.807) is 7.11 Å². The normalized spacial score (nSPS) is 12.3. The number of methoxy groups -OCH3 is 1. The van der Waals surface area contributed by atoms with Crippen LogP contribution in [0.5, 0.6) is 0 Å². The predicted molar refractivity (Wildman–Crippen MR) is 122 cm³/mol. The molecule has 1 aromatic heterocycles. The minimum atomic E-state index is -0.104. The summed E-state index contributed by atoms with van der Waals surface area (Å²) in [6, 6.07) is 27.9. The van der Waals surface area contributed by atoms with Gasteiger partial charge >= 0.3 is 0 Å². The maximum absolute atomic E-state index is 6.05. The lowest BCUT2D eigenvalue weighted by Gasteiger charge is -2.19. The summed E-state index contributed by atoms with van der Waals surface area (Å²) in [5, 5.41) is 1.25. The summed E-state index contributed by atoms with van der Waals surface area (Å²) in [6.07, 6.45) is -0.104. The fourth-order valence-electron chi connectivity index (χ4n) is 4.13. The lowest BCUT2D eigenvalue weighted by Crippen LogP contribution is -2.10. The van der Waals surface area contributed by atoms with E-state index in [2.05, 4.69) is 109 Å². The molecule has 0 fully saturated rings. The molecule has 29 heavy (non-hydrogen) atoms. The zero-order valence-electron chi connectivity index (χ0n) is 17.6. The topological polar surface area (TPSA) is 17.4 Å². The minimum absolute atomic E-state index is 0.104. The second kappa shape index (κ2) is 8.14. The zero-order valence-corrected chi connectivity index (χ0v) is 17.6. The van der Waals surface area contributed by atoms with E-state index < -0.39 is 0 Å². The fourth-order valence-corrected chi connectivity index (χ4v) is 4.13. The number of ether oxygens (including phenoxy) is 1. The van der Waals surface area contributed by atoms with Crippen molar-refractivity contribution in [2.24, 2.45) is 0 Å². The van der Waals surface area contributed by atoms with Crippen molar-refractivity contribution in [1.82, 2.24) is 4.57 Å². The maximum Gasteiger partial charge on any atom is 0.109 e. The first kappa shape index (κ1) is 19.3. The number of hydrogen-bond acceptors (Lipinski definition) is 2. The van der Waals surface area contributed by atoms with Gasteiger partial charge in [0.15, 0.2) is 0 Å². The highest BCUT2D eigenvalue weighted by Gasteiger charge is 2.23. The highest BCUT2D eigenvalue weighted by atomic mass is 16.5. The SMILES string of the molecule is COC(c1ccc(N(C)C)cc1)c1c(C)n(Cc2ccccc2)c2ccccc12. The third-order valence-electron chi connectivity index (χ3n) is 5.67. The Kier molecular flexibility index (Phi) is 5.41. The number of nitrogens with zero attached hydrogens (tertiary/aromatic N) is 2. The molecule has 4 aromatic rings. The monoisotopic (exact) mass is 384 g/mol. The molecule has 1 heterocycles. The van der Waals surface area contributed by atoms with E-state index in [0.717, 1.165) is 6.54 Å². The van der Waals surface area contributed by atoms with E-state index in [-0.39, 0.29) is 6.10 Å². The maximum atomic E-state index is 6.05. The number of fused-ring (bicyclic) bond motifs is 1. The smallest absolute Gasteiger partial charge is 0.109 e. The summed E-state index contributed by atoms with van der Waals surface area (Å²) in [6.45, 7) is 3.06. The number of rotatable bonds is 6. The van der Waals surface area contributed by atoms with E-state index in [1.807, 2.05) is 0 Å². The van der Waals surface area contributed by atoms with Gasteiger partial charge in [0.05, 0.1) is 0 Å². The van der Waals surface area contributed by atoms with E-state index in [4.69, 9.17) is 4.74 Å². The van der Waals surface area contributed by atoms with Crippen molar-refractivity contribution in [2.75, 3.05) is 26.1 Å². The van der Waals surface area contributed by atoms with Gasteiger partial charge in [0.1, 0.15) is 6.10 Å². The fraction of sp³-hybridized carbons (Fsp3) is 0.231. The van der Waals surface area contributed by atoms with Gasteiger partial charge < -0.3 is 14.2 Å². The molecule has 0 aliphatic heterocycles. The predicted octanol–water partition coefficient (Wildman–Crippen LogP) is 5.80. The highest BCUT2D eigenvalue weighted by molar-refractivity contribution is 5.86. The molecule has 0 aliphatic carbocycles. The summed E-state index contributed by atoms with van der Waals surface area (Å²) < 4.78 is 8.45. The second-order valence-electron chi connectivity index (χ2n) is 7.69. The lowest BCUT2D eigenvalue weighted by molar-refractivity contribution is 0.137. The number of para-hydroxylation sites is 1. The van der Waals surface area contributed by atoms with Gasteiger partial charge in [-0.15, -0.1) is 0 Å². The number of anilines is 1. The minimum Gasteiger partial charge on any atom is -0.378 e. The van der Waals surface area contributed by atoms with Crippen LogP contribution in [-0.2, 0) is 11.3 Å². The van der Waals surface area contributed by atoms with Gasteiger partial charge in [-0.1, -0.05) is 60.7 Å². The van der Waals surface area contributed by atoms with E-state index in [1.165, 1.54) is 39.0 Å². The van der Waals surface area contributed by atoms with Crippen molar-refractivity contribution in [1.29, 1.82) is 0 Å². The van der Waals surface area contributed by atoms with E-state index in [0.29, 0.717) is 0 Å². The van der Waals surface area contributed by atoms with Crippen LogP contribution in [0, 0.1) is 6.92 Å². The van der Waals surface area contributed by atoms with Gasteiger partial charge in [-0.25, -0.2) is 0 Å². The Labute approximate surface area is 173 Å². The second-order valence-corrected chi connectivity index (χ2v) is 7.69. The molecule has 0 radical (unpaired) electrons. The molecule has 0 aliphatic rings. The largest absolute Gasteiger partial charge is 0.378 e. The molecule has 148 valence electrons. The van der Waals surface area contributed by atoms with Crippen LogP contribution < -0.4 is 4.90 Å². The Hall–Kier alpha value is -3.04. The van der Waals surface area contributed by atoms with Crippen LogP contribution in [0.25, 0.3) is 10.9 Å². The van der Waals surface area contributed by atoms with Crippen LogP contribution >= 0.6 is 0 Å². The van der Waals surface area contributed by atoms with Gasteiger partial charge in [-0.05, 0) is 36.2 Å². The summed E-state index contributed by atoms with van der Waals surface area (Å²) in [4.78, 5) is 2.11. The number of benzene rings is 3. The van der Waals surface area contributed by atoms with Crippen molar-refractivity contribution >= 4 is 16.6 Å². The van der Waals surface area contributed by atoms with Crippen LogP contribution in [-0.4, -0.2) is 25.8 Å². The molecular weight excluding hydrogens is 356 g/mol. The van der Waals surface area contributed by atoms with Crippen LogP contribution in [0.15, 0.2) is 78.9 Å². The van der Waals surface area contributed by atoms with E-state index in [9.17, 15) is 0 Å². The molecule has 1 atom stereocenters. The first-order valence-electron chi connectivity index (χ1n) is 10.0. The van der Waals surface area contributed by atoms with Crippen molar-refractivity contribution in [3.63, 3.8) is 0 Å². The first-order valence-corrected chi connectivity index (χ1v) is 10.0. The summed E-state index contributed by atoms with van der Waals surface area (Å²) in [5.41, 5.74) is 7.40. The Bertz CT molecular complexity index is 1090. The Morgan fingerprint density at radius 3 is 2.17 bits per heavy atom. The van der Waals surface area contributed by atoms with Crippen LogP contribution in [0.2, 0.25) is 0 Å². The average Bonchev–Trinajstić information content (AvgIpc) is 3.02. The number of aromatic nitrogens is 1. The molecule has 0 saturated carbocycles. The third kappa shape index (κ3) is 3.66. The molecule has 3 heteroatoms. The molecule has 0 bridgehead atoms. The molecule has 0 saturated heterocycles. The van der Waals surface area contributed by atoms with Crippen molar-refractivity contribution < 1.29 is 4.74 Å². The quantitative estimate of drug-likeness (QED) is 0.418. The van der Waals surface area contributed by atoms with Gasteiger partial charge in [0.25, 0.3) is 0 Å². The summed E-state index contributed by atoms with van der Waals surface area (Å²) in [5.74, 6) is 0. The Morgan fingerprint density at radius 2 is 1.52 bits per heavy atom. The molecule has 3 aromatic carbocycles. The molecule has 3 nitrogen and oxygen atoms in total. The van der Waals surface area contributed by atoms with Gasteiger partial charge in [-0.2, -0.15) is 0 Å². The van der Waals surface area contributed by atoms with E-state index >= 15 is 0 Å². The van der Waals surface area contributed by atoms with Crippen LogP contribution in [0.3, 0.4) is 0 Å². The highest BCUT2D eigenvalue weighted by Crippen LogP contribution is 2.37. The summed E-state index contributed by atoms with van der Waals surface area (Å²) in [7, 11) is 5.92. The average molecular weight is 385 g/mol. The van der Waals surface area contributed by atoms with Gasteiger partial charge in [-0.3, -0.25) is 0 Å². The van der Waals surface area contributed by atoms with Gasteiger partial charge in [0, 0.05) is 55.6 Å². The third-order valence-corrected chi connectivity index (χ3v) is 5.67. The molecule has 0 amide bonds. The van der Waals surface area contributed by atoms with Crippen LogP contribution in [0.4, 0.5) is 5.69 Å². The van der Waals surface area contributed by atoms with Crippen molar-refractivity contribution in [3.05, 3.63) is 101 Å². The van der Waals surface area contributed by atoms with Crippen molar-refractivity contribution in [2.45, 2.75) is 19.6 Å². The van der Waals surface area contributed by atoms with Gasteiger partial charge in [0.2, 0.25) is 0 Å². The Balaban J connectivity index is 1.83. The molecule has 0 spiro atoms. The lowest BCUT2D eigenvalue weighted by atomic mass is 9.98. The first-order chi connectivity index (χ1) is 14.1.